The van der Waals surface area contributed by atoms with E-state index in [2.05, 4.69) is 60.3 Å². The van der Waals surface area contributed by atoms with Gasteiger partial charge in [0.2, 0.25) is 0 Å². The summed E-state index contributed by atoms with van der Waals surface area (Å²) < 4.78 is 0. The summed E-state index contributed by atoms with van der Waals surface area (Å²) in [5.41, 5.74) is 0.818. The van der Waals surface area contributed by atoms with Crippen molar-refractivity contribution in [1.29, 1.82) is 0 Å². The van der Waals surface area contributed by atoms with Gasteiger partial charge in [-0.25, -0.2) is 0 Å². The Morgan fingerprint density at radius 1 is 0.900 bits per heavy atom. The first kappa shape index (κ1) is 18.4. The van der Waals surface area contributed by atoms with E-state index in [4.69, 9.17) is 0 Å². The first-order valence-electron chi connectivity index (χ1n) is 8.40. The number of alkyl halides is 1. The maximum Gasteiger partial charge on any atom is 0.0126 e. The molecule has 20 heavy (non-hydrogen) atoms. The lowest BCUT2D eigenvalue weighted by atomic mass is 9.80. The summed E-state index contributed by atoms with van der Waals surface area (Å²) in [4.78, 5) is 5.33. The van der Waals surface area contributed by atoms with Gasteiger partial charge in [-0.3, -0.25) is 4.90 Å². The molecule has 0 bridgehead atoms. The largest absolute Gasteiger partial charge is 0.300 e. The fourth-order valence-corrected chi connectivity index (χ4v) is 4.31. The molecule has 0 saturated carbocycles. The minimum atomic E-state index is 0.325. The van der Waals surface area contributed by atoms with Crippen molar-refractivity contribution < 1.29 is 0 Å². The Bertz CT molecular complexity index is 259. The van der Waals surface area contributed by atoms with Crippen LogP contribution in [0.4, 0.5) is 0 Å². The molecule has 0 radical (unpaired) electrons. The highest BCUT2D eigenvalue weighted by molar-refractivity contribution is 9.09. The van der Waals surface area contributed by atoms with Crippen LogP contribution in [0, 0.1) is 5.41 Å². The Hall–Kier alpha value is 0.400. The van der Waals surface area contributed by atoms with Gasteiger partial charge in [0.25, 0.3) is 0 Å². The third kappa shape index (κ3) is 5.31. The van der Waals surface area contributed by atoms with Gasteiger partial charge in [-0.1, -0.05) is 42.6 Å². The van der Waals surface area contributed by atoms with Gasteiger partial charge in [0, 0.05) is 43.6 Å². The lowest BCUT2D eigenvalue weighted by molar-refractivity contribution is 0.0398. The molecule has 1 fully saturated rings. The molecule has 0 aromatic rings. The number of rotatable bonds is 7. The van der Waals surface area contributed by atoms with E-state index in [1.807, 2.05) is 0 Å². The van der Waals surface area contributed by atoms with Gasteiger partial charge in [0.05, 0.1) is 0 Å². The second kappa shape index (κ2) is 8.14. The molecule has 1 aliphatic rings. The molecule has 1 heterocycles. The first-order valence-corrected chi connectivity index (χ1v) is 9.52. The standard InChI is InChI=1S/C17H35BrN2/c1-6-8-17(14-18,9-7-2)15-19-10-12-20(13-11-19)16(3,4)5/h6-15H2,1-5H3. The Balaban J connectivity index is 2.55. The normalized spacial score (nSPS) is 19.5. The lowest BCUT2D eigenvalue weighted by Crippen LogP contribution is -2.55. The van der Waals surface area contributed by atoms with Crippen LogP contribution in [-0.4, -0.2) is 53.4 Å². The second-order valence-electron chi connectivity index (χ2n) is 7.57. The van der Waals surface area contributed by atoms with E-state index in [-0.39, 0.29) is 0 Å². The topological polar surface area (TPSA) is 6.48 Å². The van der Waals surface area contributed by atoms with Crippen LogP contribution < -0.4 is 0 Å². The Labute approximate surface area is 135 Å². The molecule has 0 aromatic heterocycles. The fraction of sp³-hybridized carbons (Fsp3) is 1.00. The van der Waals surface area contributed by atoms with Crippen molar-refractivity contribution in [3.05, 3.63) is 0 Å². The Morgan fingerprint density at radius 2 is 1.40 bits per heavy atom. The van der Waals surface area contributed by atoms with Gasteiger partial charge in [0.1, 0.15) is 0 Å². The molecule has 120 valence electrons. The van der Waals surface area contributed by atoms with Gasteiger partial charge in [-0.2, -0.15) is 0 Å². The van der Waals surface area contributed by atoms with E-state index in [9.17, 15) is 0 Å². The Kier molecular flexibility index (Phi) is 7.51. The molecule has 0 spiro atoms. The van der Waals surface area contributed by atoms with Gasteiger partial charge in [-0.15, -0.1) is 0 Å². The third-order valence-corrected chi connectivity index (χ3v) is 5.91. The van der Waals surface area contributed by atoms with Crippen LogP contribution >= 0.6 is 15.9 Å². The molecular weight excluding hydrogens is 312 g/mol. The van der Waals surface area contributed by atoms with E-state index in [1.54, 1.807) is 0 Å². The van der Waals surface area contributed by atoms with Crippen LogP contribution in [0.1, 0.15) is 60.3 Å². The van der Waals surface area contributed by atoms with E-state index in [0.29, 0.717) is 11.0 Å². The van der Waals surface area contributed by atoms with E-state index in [0.717, 1.165) is 5.33 Å². The smallest absolute Gasteiger partial charge is 0.0126 e. The minimum Gasteiger partial charge on any atom is -0.300 e. The molecule has 1 rings (SSSR count). The van der Waals surface area contributed by atoms with Crippen molar-refractivity contribution in [2.45, 2.75) is 65.8 Å². The first-order chi connectivity index (χ1) is 9.37. The third-order valence-electron chi connectivity index (χ3n) is 4.72. The number of halogens is 1. The molecule has 0 amide bonds. The van der Waals surface area contributed by atoms with Crippen LogP contribution in [0.2, 0.25) is 0 Å². The number of nitrogens with zero attached hydrogens (tertiary/aromatic N) is 2. The summed E-state index contributed by atoms with van der Waals surface area (Å²) in [5, 5.41) is 1.15. The van der Waals surface area contributed by atoms with Crippen molar-refractivity contribution in [1.82, 2.24) is 9.80 Å². The molecule has 3 heteroatoms. The molecular formula is C17H35BrN2. The SMILES string of the molecule is CCCC(CBr)(CCC)CN1CCN(C(C)(C)C)CC1. The van der Waals surface area contributed by atoms with Crippen LogP contribution in [0.25, 0.3) is 0 Å². The summed E-state index contributed by atoms with van der Waals surface area (Å²) in [5.74, 6) is 0. The lowest BCUT2D eigenvalue weighted by Gasteiger charge is -2.45. The molecule has 0 N–H and O–H groups in total. The zero-order valence-corrected chi connectivity index (χ0v) is 15.9. The van der Waals surface area contributed by atoms with E-state index in [1.165, 1.54) is 58.4 Å². The van der Waals surface area contributed by atoms with Crippen molar-refractivity contribution in [3.63, 3.8) is 0 Å². The summed E-state index contributed by atoms with van der Waals surface area (Å²) >= 11 is 3.81. The van der Waals surface area contributed by atoms with Crippen molar-refractivity contribution in [2.24, 2.45) is 5.41 Å². The highest BCUT2D eigenvalue weighted by Crippen LogP contribution is 2.33. The number of hydrogen-bond donors (Lipinski definition) is 0. The molecule has 0 unspecified atom stereocenters. The van der Waals surface area contributed by atoms with Crippen molar-refractivity contribution in [3.8, 4) is 0 Å². The molecule has 1 saturated heterocycles. The van der Waals surface area contributed by atoms with E-state index < -0.39 is 0 Å². The summed E-state index contributed by atoms with van der Waals surface area (Å²) in [6.07, 6.45) is 5.30. The summed E-state index contributed by atoms with van der Waals surface area (Å²) in [6.45, 7) is 17.8. The maximum absolute atomic E-state index is 3.81. The van der Waals surface area contributed by atoms with Gasteiger partial charge >= 0.3 is 0 Å². The maximum atomic E-state index is 3.81. The average molecular weight is 347 g/mol. The van der Waals surface area contributed by atoms with Crippen molar-refractivity contribution in [2.75, 3.05) is 38.1 Å². The highest BCUT2D eigenvalue weighted by Gasteiger charge is 2.32. The summed E-state index contributed by atoms with van der Waals surface area (Å²) in [7, 11) is 0. The van der Waals surface area contributed by atoms with E-state index >= 15 is 0 Å². The quantitative estimate of drug-likeness (QED) is 0.631. The summed E-state index contributed by atoms with van der Waals surface area (Å²) in [6, 6.07) is 0. The molecule has 0 aliphatic carbocycles. The van der Waals surface area contributed by atoms with Crippen molar-refractivity contribution >= 4 is 15.9 Å². The van der Waals surface area contributed by atoms with Crippen LogP contribution in [0.15, 0.2) is 0 Å². The predicted molar refractivity (Wildman–Crippen MR) is 93.8 cm³/mol. The van der Waals surface area contributed by atoms with Crippen LogP contribution in [0.3, 0.4) is 0 Å². The van der Waals surface area contributed by atoms with Gasteiger partial charge < -0.3 is 4.90 Å². The zero-order valence-electron chi connectivity index (χ0n) is 14.3. The van der Waals surface area contributed by atoms with Gasteiger partial charge in [0.15, 0.2) is 0 Å². The van der Waals surface area contributed by atoms with Gasteiger partial charge in [-0.05, 0) is 39.0 Å². The van der Waals surface area contributed by atoms with Crippen LogP contribution in [-0.2, 0) is 0 Å². The Morgan fingerprint density at radius 3 is 1.75 bits per heavy atom. The number of piperazine rings is 1. The predicted octanol–water partition coefficient (Wildman–Crippen LogP) is 4.38. The molecule has 0 atom stereocenters. The van der Waals surface area contributed by atoms with Crippen LogP contribution in [0.5, 0.6) is 0 Å². The molecule has 1 aliphatic heterocycles. The fourth-order valence-electron chi connectivity index (χ4n) is 3.57. The minimum absolute atomic E-state index is 0.325. The molecule has 0 aromatic carbocycles. The molecule has 2 nitrogen and oxygen atoms in total. The second-order valence-corrected chi connectivity index (χ2v) is 8.13. The monoisotopic (exact) mass is 346 g/mol. The zero-order chi connectivity index (χ0) is 15.2. The number of hydrogen-bond acceptors (Lipinski definition) is 2. The highest BCUT2D eigenvalue weighted by atomic mass is 79.9. The average Bonchev–Trinajstić information content (AvgIpc) is 2.39.